The van der Waals surface area contributed by atoms with Gasteiger partial charge in [0.25, 0.3) is 0 Å². The lowest BCUT2D eigenvalue weighted by Crippen LogP contribution is -2.67. The monoisotopic (exact) mass is 290 g/mol. The molecule has 0 aliphatic carbocycles. The molecule has 1 saturated heterocycles. The molecule has 114 valence electrons. The van der Waals surface area contributed by atoms with Crippen molar-refractivity contribution in [2.75, 3.05) is 7.11 Å². The van der Waals surface area contributed by atoms with Crippen LogP contribution in [0, 0.1) is 0 Å². The Morgan fingerprint density at radius 1 is 1.24 bits per heavy atom. The van der Waals surface area contributed by atoms with Gasteiger partial charge in [-0.3, -0.25) is 9.59 Å². The number of carbonyl (C=O) groups is 2. The quantitative estimate of drug-likeness (QED) is 0.918. The molecule has 0 bridgehead atoms. The average Bonchev–Trinajstić information content (AvgIpc) is 2.48. The van der Waals surface area contributed by atoms with Crippen LogP contribution < -0.4 is 10.1 Å². The molecule has 1 atom stereocenters. The van der Waals surface area contributed by atoms with Gasteiger partial charge in [-0.2, -0.15) is 0 Å². The van der Waals surface area contributed by atoms with E-state index in [4.69, 9.17) is 4.74 Å². The predicted molar refractivity (Wildman–Crippen MR) is 79.8 cm³/mol. The number of methoxy groups -OCH3 is 1. The van der Waals surface area contributed by atoms with E-state index in [0.717, 1.165) is 11.3 Å². The molecule has 21 heavy (non-hydrogen) atoms. The van der Waals surface area contributed by atoms with Crippen LogP contribution in [0.1, 0.15) is 32.8 Å². The molecule has 1 N–H and O–H groups in total. The summed E-state index contributed by atoms with van der Waals surface area (Å²) < 4.78 is 5.13. The van der Waals surface area contributed by atoms with Crippen molar-refractivity contribution in [2.24, 2.45) is 0 Å². The first-order valence-electron chi connectivity index (χ1n) is 7.15. The first kappa shape index (κ1) is 15.4. The van der Waals surface area contributed by atoms with Gasteiger partial charge in [0.1, 0.15) is 17.3 Å². The molecular formula is C16H22N2O3. The molecule has 5 nitrogen and oxygen atoms in total. The number of benzene rings is 1. The number of piperazine rings is 1. The fraction of sp³-hybridized carbons (Fsp3) is 0.500. The minimum Gasteiger partial charge on any atom is -0.497 e. The zero-order valence-electron chi connectivity index (χ0n) is 13.0. The SMILES string of the molecule is CCC1NC(=O)C(C)(C)N(Cc2ccc(OC)cc2)C1=O. The first-order valence-corrected chi connectivity index (χ1v) is 7.15. The van der Waals surface area contributed by atoms with Crippen molar-refractivity contribution < 1.29 is 14.3 Å². The number of hydrogen-bond acceptors (Lipinski definition) is 3. The Labute approximate surface area is 125 Å². The van der Waals surface area contributed by atoms with E-state index >= 15 is 0 Å². The molecule has 1 aromatic carbocycles. The van der Waals surface area contributed by atoms with Crippen LogP contribution in [0.25, 0.3) is 0 Å². The zero-order chi connectivity index (χ0) is 15.6. The molecule has 1 fully saturated rings. The molecule has 0 spiro atoms. The largest absolute Gasteiger partial charge is 0.497 e. The second kappa shape index (κ2) is 5.76. The van der Waals surface area contributed by atoms with Crippen molar-refractivity contribution in [3.05, 3.63) is 29.8 Å². The second-order valence-electron chi connectivity index (χ2n) is 5.77. The van der Waals surface area contributed by atoms with Gasteiger partial charge in [0.05, 0.1) is 7.11 Å². The smallest absolute Gasteiger partial charge is 0.246 e. The summed E-state index contributed by atoms with van der Waals surface area (Å²) in [5.74, 6) is 0.632. The number of nitrogens with zero attached hydrogens (tertiary/aromatic N) is 1. The molecule has 0 aromatic heterocycles. The number of rotatable bonds is 4. The van der Waals surface area contributed by atoms with Gasteiger partial charge in [-0.1, -0.05) is 19.1 Å². The van der Waals surface area contributed by atoms with Crippen LogP contribution in [-0.2, 0) is 16.1 Å². The minimum atomic E-state index is -0.845. The van der Waals surface area contributed by atoms with Crippen molar-refractivity contribution in [3.63, 3.8) is 0 Å². The number of ether oxygens (including phenoxy) is 1. The Kier molecular flexibility index (Phi) is 4.21. The fourth-order valence-electron chi connectivity index (χ4n) is 2.45. The van der Waals surface area contributed by atoms with Crippen molar-refractivity contribution in [2.45, 2.75) is 45.3 Å². The molecule has 2 amide bonds. The zero-order valence-corrected chi connectivity index (χ0v) is 13.0. The van der Waals surface area contributed by atoms with Gasteiger partial charge in [0, 0.05) is 6.54 Å². The maximum absolute atomic E-state index is 12.5. The van der Waals surface area contributed by atoms with E-state index in [2.05, 4.69) is 5.32 Å². The van der Waals surface area contributed by atoms with Crippen LogP contribution >= 0.6 is 0 Å². The van der Waals surface area contributed by atoms with Crippen LogP contribution in [0.3, 0.4) is 0 Å². The topological polar surface area (TPSA) is 58.6 Å². The minimum absolute atomic E-state index is 0.0297. The normalized spacial score (nSPS) is 21.1. The lowest BCUT2D eigenvalue weighted by molar-refractivity contribution is -0.156. The molecule has 1 heterocycles. The third kappa shape index (κ3) is 2.86. The van der Waals surface area contributed by atoms with Crippen molar-refractivity contribution in [3.8, 4) is 5.75 Å². The van der Waals surface area contributed by atoms with Crippen LogP contribution in [0.4, 0.5) is 0 Å². The third-order valence-corrected chi connectivity index (χ3v) is 4.01. The highest BCUT2D eigenvalue weighted by Gasteiger charge is 2.45. The Bertz CT molecular complexity index is 537. The number of nitrogens with one attached hydrogen (secondary N) is 1. The lowest BCUT2D eigenvalue weighted by atomic mass is 9.94. The Morgan fingerprint density at radius 2 is 1.86 bits per heavy atom. The van der Waals surface area contributed by atoms with Crippen LogP contribution in [0.5, 0.6) is 5.75 Å². The highest BCUT2D eigenvalue weighted by molar-refractivity contribution is 5.99. The molecule has 0 radical (unpaired) electrons. The van der Waals surface area contributed by atoms with Gasteiger partial charge in [0.15, 0.2) is 0 Å². The van der Waals surface area contributed by atoms with E-state index in [1.165, 1.54) is 0 Å². The van der Waals surface area contributed by atoms with Gasteiger partial charge < -0.3 is 15.0 Å². The molecule has 1 aliphatic rings. The Balaban J connectivity index is 2.25. The average molecular weight is 290 g/mol. The summed E-state index contributed by atoms with van der Waals surface area (Å²) in [5.41, 5.74) is 0.129. The maximum atomic E-state index is 12.5. The summed E-state index contributed by atoms with van der Waals surface area (Å²) in [6, 6.07) is 7.11. The van der Waals surface area contributed by atoms with Crippen molar-refractivity contribution in [1.82, 2.24) is 10.2 Å². The van der Waals surface area contributed by atoms with Crippen LogP contribution in [-0.4, -0.2) is 35.4 Å². The highest BCUT2D eigenvalue weighted by atomic mass is 16.5. The van der Waals surface area contributed by atoms with Gasteiger partial charge in [-0.05, 0) is 38.0 Å². The number of hydrogen-bond donors (Lipinski definition) is 1. The molecule has 1 unspecified atom stereocenters. The van der Waals surface area contributed by atoms with E-state index in [-0.39, 0.29) is 11.8 Å². The molecule has 2 rings (SSSR count). The van der Waals surface area contributed by atoms with Gasteiger partial charge in [-0.15, -0.1) is 0 Å². The summed E-state index contributed by atoms with van der Waals surface area (Å²) in [6.07, 6.45) is 0.597. The Morgan fingerprint density at radius 3 is 2.38 bits per heavy atom. The van der Waals surface area contributed by atoms with Crippen molar-refractivity contribution >= 4 is 11.8 Å². The lowest BCUT2D eigenvalue weighted by Gasteiger charge is -2.44. The molecule has 1 aromatic rings. The maximum Gasteiger partial charge on any atom is 0.246 e. The molecule has 5 heteroatoms. The van der Waals surface area contributed by atoms with E-state index in [1.54, 1.807) is 25.9 Å². The van der Waals surface area contributed by atoms with E-state index in [9.17, 15) is 9.59 Å². The molecule has 1 aliphatic heterocycles. The van der Waals surface area contributed by atoms with Gasteiger partial charge in [0.2, 0.25) is 11.8 Å². The molecular weight excluding hydrogens is 268 g/mol. The standard InChI is InChI=1S/C16H22N2O3/c1-5-13-14(19)18(16(2,3)15(20)17-13)10-11-6-8-12(21-4)9-7-11/h6-9,13H,5,10H2,1-4H3,(H,17,20). The second-order valence-corrected chi connectivity index (χ2v) is 5.77. The van der Waals surface area contributed by atoms with E-state index in [0.29, 0.717) is 13.0 Å². The first-order chi connectivity index (χ1) is 9.90. The predicted octanol–water partition coefficient (Wildman–Crippen LogP) is 1.71. The van der Waals surface area contributed by atoms with Crippen molar-refractivity contribution in [1.29, 1.82) is 0 Å². The van der Waals surface area contributed by atoms with E-state index < -0.39 is 11.6 Å². The van der Waals surface area contributed by atoms with Gasteiger partial charge in [-0.25, -0.2) is 0 Å². The number of amides is 2. The summed E-state index contributed by atoms with van der Waals surface area (Å²) in [5, 5.41) is 2.79. The molecule has 0 saturated carbocycles. The van der Waals surface area contributed by atoms with E-state index in [1.807, 2.05) is 31.2 Å². The summed E-state index contributed by atoms with van der Waals surface area (Å²) in [7, 11) is 1.61. The van der Waals surface area contributed by atoms with Crippen LogP contribution in [0.2, 0.25) is 0 Å². The summed E-state index contributed by atoms with van der Waals surface area (Å²) in [4.78, 5) is 26.4. The van der Waals surface area contributed by atoms with Crippen LogP contribution in [0.15, 0.2) is 24.3 Å². The number of carbonyl (C=O) groups excluding carboxylic acids is 2. The summed E-state index contributed by atoms with van der Waals surface area (Å²) in [6.45, 7) is 5.86. The third-order valence-electron chi connectivity index (χ3n) is 4.01. The summed E-state index contributed by atoms with van der Waals surface area (Å²) >= 11 is 0. The highest BCUT2D eigenvalue weighted by Crippen LogP contribution is 2.25. The Hall–Kier alpha value is -2.04. The fourth-order valence-corrected chi connectivity index (χ4v) is 2.45. The van der Waals surface area contributed by atoms with Gasteiger partial charge >= 0.3 is 0 Å².